The number of para-hydroxylation sites is 2. The van der Waals surface area contributed by atoms with Crippen LogP contribution in [-0.4, -0.2) is 13.1 Å². The zero-order chi connectivity index (χ0) is 25.3. The lowest BCUT2D eigenvalue weighted by Crippen LogP contribution is -2.14. The maximum atomic E-state index is 6.75. The van der Waals surface area contributed by atoms with Gasteiger partial charge in [-0.05, 0) is 65.9 Å². The number of rotatable bonds is 2. The zero-order valence-corrected chi connectivity index (χ0v) is 20.8. The van der Waals surface area contributed by atoms with Crippen molar-refractivity contribution >= 4 is 11.3 Å². The Kier molecular flexibility index (Phi) is 5.56. The van der Waals surface area contributed by atoms with Crippen LogP contribution in [0.3, 0.4) is 0 Å². The summed E-state index contributed by atoms with van der Waals surface area (Å²) in [5, 5.41) is 6.69. The van der Waals surface area contributed by atoms with E-state index in [1.54, 1.807) is 0 Å². The molecule has 3 aliphatic rings. The second-order valence-electron chi connectivity index (χ2n) is 9.41. The molecule has 0 fully saturated rings. The number of ether oxygens (including phenoxy) is 2. The first-order valence-corrected chi connectivity index (χ1v) is 12.9. The van der Waals surface area contributed by atoms with Gasteiger partial charge in [-0.25, -0.2) is 0 Å². The summed E-state index contributed by atoms with van der Waals surface area (Å²) in [6.45, 7) is 1.62. The first-order chi connectivity index (χ1) is 18.8. The summed E-state index contributed by atoms with van der Waals surface area (Å²) in [4.78, 5) is 0. The fraction of sp³-hybridized carbons (Fsp3) is 0.0588. The Bertz CT molecular complexity index is 1680. The summed E-state index contributed by atoms with van der Waals surface area (Å²) >= 11 is 0. The van der Waals surface area contributed by atoms with Crippen molar-refractivity contribution in [2.75, 3.05) is 13.1 Å². The second kappa shape index (κ2) is 9.49. The number of benzene rings is 4. The predicted octanol–water partition coefficient (Wildman–Crippen LogP) is 7.92. The van der Waals surface area contributed by atoms with Gasteiger partial charge in [0.25, 0.3) is 0 Å². The molecule has 0 aromatic heterocycles. The number of fused-ring (bicyclic) bond motifs is 6. The van der Waals surface area contributed by atoms with E-state index in [0.717, 1.165) is 75.2 Å². The molecule has 0 saturated carbocycles. The van der Waals surface area contributed by atoms with E-state index in [0.29, 0.717) is 0 Å². The van der Waals surface area contributed by atoms with Gasteiger partial charge in [-0.1, -0.05) is 66.8 Å². The first kappa shape index (κ1) is 22.3. The summed E-state index contributed by atoms with van der Waals surface area (Å²) < 4.78 is 13.5. The van der Waals surface area contributed by atoms with Gasteiger partial charge in [0.2, 0.25) is 0 Å². The third kappa shape index (κ3) is 4.06. The normalized spacial score (nSPS) is 15.1. The molecule has 7 rings (SSSR count). The molecule has 3 heterocycles. The number of allylic oxidation sites excluding steroid dienone is 4. The van der Waals surface area contributed by atoms with Gasteiger partial charge in [0, 0.05) is 46.6 Å². The number of dihydropyridines is 2. The molecule has 184 valence electrons. The van der Waals surface area contributed by atoms with Gasteiger partial charge >= 0.3 is 0 Å². The van der Waals surface area contributed by atoms with Crippen molar-refractivity contribution < 1.29 is 9.47 Å². The molecule has 0 amide bonds. The molecule has 0 aliphatic carbocycles. The van der Waals surface area contributed by atoms with Gasteiger partial charge in [0.15, 0.2) is 0 Å². The van der Waals surface area contributed by atoms with Gasteiger partial charge in [-0.3, -0.25) is 0 Å². The predicted molar refractivity (Wildman–Crippen MR) is 154 cm³/mol. The van der Waals surface area contributed by atoms with Crippen LogP contribution in [0.5, 0.6) is 23.0 Å². The Labute approximate surface area is 222 Å². The van der Waals surface area contributed by atoms with Crippen molar-refractivity contribution in [3.8, 4) is 45.3 Å². The molecule has 4 nitrogen and oxygen atoms in total. The summed E-state index contributed by atoms with van der Waals surface area (Å²) in [6, 6.07) is 29.1. The van der Waals surface area contributed by atoms with Crippen molar-refractivity contribution in [1.82, 2.24) is 10.6 Å². The van der Waals surface area contributed by atoms with E-state index in [1.165, 1.54) is 5.57 Å². The van der Waals surface area contributed by atoms with E-state index in [4.69, 9.17) is 9.47 Å². The Morgan fingerprint density at radius 3 is 1.87 bits per heavy atom. The maximum Gasteiger partial charge on any atom is 0.136 e. The highest BCUT2D eigenvalue weighted by molar-refractivity contribution is 5.85. The Hall–Kier alpha value is -4.96. The largest absolute Gasteiger partial charge is 0.456 e. The topological polar surface area (TPSA) is 42.5 Å². The molecular weight excluding hydrogens is 468 g/mol. The van der Waals surface area contributed by atoms with Crippen LogP contribution in [0.15, 0.2) is 122 Å². The standard InChI is InChI=1S/C34H26N2O2/c1-3-10-31-26(7-1)27-8-2-4-11-32(27)38-34-22-25(30-9-5-6-18-36-30)13-15-29(34)28-14-12-24(21-33(28)37-31)23-16-19-35-20-17-23/h1-17,19,21-22,35-36H,18,20H2. The van der Waals surface area contributed by atoms with Gasteiger partial charge in [0.05, 0.1) is 0 Å². The van der Waals surface area contributed by atoms with Gasteiger partial charge < -0.3 is 20.1 Å². The Morgan fingerprint density at radius 1 is 0.605 bits per heavy atom. The summed E-state index contributed by atoms with van der Waals surface area (Å²) in [7, 11) is 0. The lowest BCUT2D eigenvalue weighted by atomic mass is 9.95. The Morgan fingerprint density at radius 2 is 1.24 bits per heavy atom. The van der Waals surface area contributed by atoms with Gasteiger partial charge in [0.1, 0.15) is 23.0 Å². The van der Waals surface area contributed by atoms with Crippen molar-refractivity contribution in [3.63, 3.8) is 0 Å². The van der Waals surface area contributed by atoms with Gasteiger partial charge in [-0.15, -0.1) is 0 Å². The van der Waals surface area contributed by atoms with Gasteiger partial charge in [-0.2, -0.15) is 0 Å². The number of hydrogen-bond donors (Lipinski definition) is 2. The third-order valence-electron chi connectivity index (χ3n) is 7.03. The van der Waals surface area contributed by atoms with Crippen LogP contribution >= 0.6 is 0 Å². The molecule has 2 N–H and O–H groups in total. The van der Waals surface area contributed by atoms with Crippen molar-refractivity contribution in [1.29, 1.82) is 0 Å². The average Bonchev–Trinajstić information content (AvgIpc) is 2.99. The smallest absolute Gasteiger partial charge is 0.136 e. The quantitative estimate of drug-likeness (QED) is 0.262. The zero-order valence-electron chi connectivity index (χ0n) is 20.8. The van der Waals surface area contributed by atoms with Crippen LogP contribution in [0, 0.1) is 0 Å². The monoisotopic (exact) mass is 494 g/mol. The highest BCUT2D eigenvalue weighted by atomic mass is 16.5. The van der Waals surface area contributed by atoms with E-state index in [2.05, 4.69) is 89.5 Å². The van der Waals surface area contributed by atoms with E-state index in [-0.39, 0.29) is 0 Å². The highest BCUT2D eigenvalue weighted by Crippen LogP contribution is 2.47. The van der Waals surface area contributed by atoms with Crippen LogP contribution < -0.4 is 20.1 Å². The van der Waals surface area contributed by atoms with Crippen molar-refractivity contribution in [2.45, 2.75) is 0 Å². The first-order valence-electron chi connectivity index (χ1n) is 12.9. The lowest BCUT2D eigenvalue weighted by Gasteiger charge is -2.23. The van der Waals surface area contributed by atoms with Crippen LogP contribution in [0.4, 0.5) is 0 Å². The average molecular weight is 495 g/mol. The molecule has 3 aliphatic heterocycles. The van der Waals surface area contributed by atoms with E-state index < -0.39 is 0 Å². The van der Waals surface area contributed by atoms with Crippen LogP contribution in [-0.2, 0) is 0 Å². The minimum Gasteiger partial charge on any atom is -0.456 e. The van der Waals surface area contributed by atoms with Crippen LogP contribution in [0.25, 0.3) is 33.5 Å². The van der Waals surface area contributed by atoms with E-state index >= 15 is 0 Å². The molecule has 4 aromatic carbocycles. The minimum atomic E-state index is 0.783. The lowest BCUT2D eigenvalue weighted by molar-refractivity contribution is 0.472. The van der Waals surface area contributed by atoms with E-state index in [9.17, 15) is 0 Å². The fourth-order valence-electron chi connectivity index (χ4n) is 5.13. The molecular formula is C34H26N2O2. The molecule has 0 unspecified atom stereocenters. The van der Waals surface area contributed by atoms with Crippen molar-refractivity contribution in [3.05, 3.63) is 133 Å². The molecule has 0 atom stereocenters. The molecule has 4 aromatic rings. The summed E-state index contributed by atoms with van der Waals surface area (Å²) in [5.41, 5.74) is 8.36. The highest BCUT2D eigenvalue weighted by Gasteiger charge is 2.21. The number of nitrogens with one attached hydrogen (secondary N) is 2. The van der Waals surface area contributed by atoms with Crippen LogP contribution in [0.1, 0.15) is 11.1 Å². The second-order valence-corrected chi connectivity index (χ2v) is 9.41. The van der Waals surface area contributed by atoms with E-state index in [1.807, 2.05) is 42.6 Å². The molecule has 0 bridgehead atoms. The van der Waals surface area contributed by atoms with Crippen LogP contribution in [0.2, 0.25) is 0 Å². The SMILES string of the molecule is C1=CCNC(c2ccc3c(c2)Oc2ccccc2-c2ccccc2Oc2cc(C4=CCNC=C4)ccc2-3)=C1. The number of hydrogen-bond acceptors (Lipinski definition) is 4. The van der Waals surface area contributed by atoms with Crippen molar-refractivity contribution in [2.24, 2.45) is 0 Å². The summed E-state index contributed by atoms with van der Waals surface area (Å²) in [6.07, 6.45) is 12.6. The maximum absolute atomic E-state index is 6.75. The molecule has 0 spiro atoms. The third-order valence-corrected chi connectivity index (χ3v) is 7.03. The fourth-order valence-corrected chi connectivity index (χ4v) is 5.13. The minimum absolute atomic E-state index is 0.783. The molecule has 0 radical (unpaired) electrons. The molecule has 38 heavy (non-hydrogen) atoms. The Balaban J connectivity index is 1.46. The molecule has 0 saturated heterocycles. The summed E-state index contributed by atoms with van der Waals surface area (Å²) in [5.74, 6) is 3.15. The molecule has 4 heteroatoms.